The molecule has 120 heavy (non-hydrogen) atoms. The smallest absolute Gasteiger partial charge is 0.443 e. The van der Waals surface area contributed by atoms with Crippen LogP contribution in [0.3, 0.4) is 0 Å². The van der Waals surface area contributed by atoms with Crippen molar-refractivity contribution in [2.24, 2.45) is 23.2 Å². The van der Waals surface area contributed by atoms with Gasteiger partial charge in [0.05, 0.1) is 38.4 Å². The van der Waals surface area contributed by atoms with Gasteiger partial charge in [0.25, 0.3) is 17.4 Å². The van der Waals surface area contributed by atoms with E-state index in [1.807, 2.05) is 6.92 Å². The van der Waals surface area contributed by atoms with E-state index >= 15 is 0 Å². The number of rotatable bonds is 45. The van der Waals surface area contributed by atoms with Gasteiger partial charge in [-0.2, -0.15) is 61.5 Å². The van der Waals surface area contributed by atoms with Crippen molar-refractivity contribution in [2.75, 3.05) is 72.9 Å². The molecule has 696 valence electrons. The van der Waals surface area contributed by atoms with Crippen LogP contribution in [0.2, 0.25) is 0 Å². The lowest BCUT2D eigenvalue weighted by molar-refractivity contribution is -0.483. The molecule has 10 atom stereocenters. The molecule has 10 unspecified atom stereocenters. The second-order valence-electron chi connectivity index (χ2n) is 32.6. The third-order valence-corrected chi connectivity index (χ3v) is 21.3. The Morgan fingerprint density at radius 2 is 0.983 bits per heavy atom. The Morgan fingerprint density at radius 3 is 1.45 bits per heavy atom. The molecule has 8 aliphatic rings. The van der Waals surface area contributed by atoms with Crippen LogP contribution in [0.5, 0.6) is 0 Å². The predicted octanol–water partition coefficient (Wildman–Crippen LogP) is 19.6. The Kier molecular flexibility index (Phi) is 43.3. The maximum absolute atomic E-state index is 14.1. The molecule has 8 fully saturated rings. The first-order valence-electron chi connectivity index (χ1n) is 41.4. The molecule has 8 rings (SSSR count). The molecule has 4 saturated carbocycles. The first-order valence-corrected chi connectivity index (χ1v) is 41.4. The predicted molar refractivity (Wildman–Crippen MR) is 405 cm³/mol. The van der Waals surface area contributed by atoms with E-state index in [4.69, 9.17) is 75.8 Å². The van der Waals surface area contributed by atoms with Gasteiger partial charge in [0.2, 0.25) is 17.7 Å². The minimum atomic E-state index is -5.27. The fraction of sp³-hybridized carbons (Fsp3) is 0.843. The van der Waals surface area contributed by atoms with Crippen LogP contribution in [0.15, 0.2) is 49.1 Å². The van der Waals surface area contributed by atoms with Crippen LogP contribution in [-0.4, -0.2) is 199 Å². The van der Waals surface area contributed by atoms with Crippen LogP contribution >= 0.6 is 0 Å². The second kappa shape index (κ2) is 48.5. The third-order valence-electron chi connectivity index (χ3n) is 21.3. The molecule has 0 aromatic rings. The fourth-order valence-electron chi connectivity index (χ4n) is 15.0. The molecular formula is C83H128F14O23. The molecule has 4 aliphatic carbocycles. The normalized spacial score (nSPS) is 28.3. The quantitative estimate of drug-likeness (QED) is 0.0137. The van der Waals surface area contributed by atoms with Gasteiger partial charge in [-0.25, -0.2) is 19.2 Å². The van der Waals surface area contributed by atoms with Crippen LogP contribution in [0.1, 0.15) is 256 Å². The Hall–Kier alpha value is -5.19. The maximum atomic E-state index is 14.1. The van der Waals surface area contributed by atoms with Crippen molar-refractivity contribution >= 4 is 29.8 Å². The van der Waals surface area contributed by atoms with E-state index in [0.29, 0.717) is 36.9 Å². The summed E-state index contributed by atoms with van der Waals surface area (Å²) in [5.41, 5.74) is -5.25. The fourth-order valence-corrected chi connectivity index (χ4v) is 15.0. The van der Waals surface area contributed by atoms with Crippen molar-refractivity contribution in [2.45, 2.75) is 352 Å². The number of unbranched alkanes of at least 4 members (excludes halogenated alkanes) is 17. The van der Waals surface area contributed by atoms with Gasteiger partial charge in [-0.15, -0.1) is 0 Å². The Morgan fingerprint density at radius 1 is 0.525 bits per heavy atom. The number of hydrogen-bond donors (Lipinski definition) is 0. The average molecular weight is 1760 g/mol. The number of ether oxygens (including phenoxy) is 18. The van der Waals surface area contributed by atoms with E-state index in [-0.39, 0.29) is 69.3 Å². The second-order valence-corrected chi connectivity index (χ2v) is 32.6. The number of carbonyl (C=O) groups excluding carboxylic acids is 5. The first kappa shape index (κ1) is 107. The summed E-state index contributed by atoms with van der Waals surface area (Å²) in [5, 5.41) is 0. The molecule has 4 bridgehead atoms. The van der Waals surface area contributed by atoms with Crippen molar-refractivity contribution in [3.63, 3.8) is 0 Å². The number of halogens is 14. The van der Waals surface area contributed by atoms with Crippen LogP contribution in [0, 0.1) is 23.2 Å². The van der Waals surface area contributed by atoms with Gasteiger partial charge >= 0.3 is 60.5 Å². The molecule has 0 radical (unpaired) electrons. The summed E-state index contributed by atoms with van der Waals surface area (Å²) >= 11 is 0. The molecule has 0 spiro atoms. The minimum Gasteiger partial charge on any atom is -0.463 e. The van der Waals surface area contributed by atoms with Crippen molar-refractivity contribution in [3.05, 3.63) is 49.1 Å². The van der Waals surface area contributed by atoms with Gasteiger partial charge in [-0.3, -0.25) is 4.79 Å². The van der Waals surface area contributed by atoms with Gasteiger partial charge in [0, 0.05) is 55.3 Å². The summed E-state index contributed by atoms with van der Waals surface area (Å²) < 4.78 is 281. The Balaban J connectivity index is 0.000000353. The lowest BCUT2D eigenvalue weighted by Gasteiger charge is -2.55. The number of hydrogen-bond acceptors (Lipinski definition) is 23. The standard InChI is InChI=1S/C33H59F3O6.C26H37F3O8.C15H23F3O6.C9H9F5O3/c1-6-7-8-9-10-11-12-13-14-15-16-17-18-19-20-21-22-23-25-38-27-40-32(33(34,35)36)24-26-39-30(42-32)31(4,5)41-29(37)28(2)3;1-16(2)21(30)34-15-23(4)35-6-5-25(37-23,26(27,28)29)36-17(3)32-7-8-33-22(31)24-12-18-9-19(13-24)11-20(10-18)14-24;1-5-7-20-11(4)23-14(15(16,17)18)6-8-21-12(24-14)9-22-13(19)10(2)3;1-3-6(15)17-5-4-16-7(2,8(5,10)11)9(12,13)14/h30H,2,6-27H2,1,3-5H3;17-20H,1,5-15H2,2-4H3;11-12H,2,5-9H2,1,3-4H3;3,5H,1,4H2,2H3. The van der Waals surface area contributed by atoms with E-state index in [2.05, 4.69) is 42.7 Å². The summed E-state index contributed by atoms with van der Waals surface area (Å²) in [5.74, 6) is -17.0. The highest BCUT2D eigenvalue weighted by Gasteiger charge is 2.76. The largest absolute Gasteiger partial charge is 0.463 e. The maximum Gasteiger partial charge on any atom is 0.443 e. The van der Waals surface area contributed by atoms with Gasteiger partial charge in [0.1, 0.15) is 19.8 Å². The highest BCUT2D eigenvalue weighted by atomic mass is 19.4. The molecule has 4 saturated heterocycles. The van der Waals surface area contributed by atoms with Crippen LogP contribution < -0.4 is 0 Å². The first-order chi connectivity index (χ1) is 55.9. The summed E-state index contributed by atoms with van der Waals surface area (Å²) in [6.07, 6.45) is 1.14. The lowest BCUT2D eigenvalue weighted by Crippen LogP contribution is -2.62. The van der Waals surface area contributed by atoms with Crippen molar-refractivity contribution in [1.82, 2.24) is 0 Å². The van der Waals surface area contributed by atoms with Gasteiger partial charge in [0.15, 0.2) is 37.4 Å². The van der Waals surface area contributed by atoms with Crippen LogP contribution in [0.4, 0.5) is 61.5 Å². The third kappa shape index (κ3) is 32.7. The van der Waals surface area contributed by atoms with Gasteiger partial charge in [-0.05, 0) is 131 Å². The zero-order valence-corrected chi connectivity index (χ0v) is 71.3. The van der Waals surface area contributed by atoms with Gasteiger partial charge < -0.3 is 85.3 Å². The number of esters is 5. The van der Waals surface area contributed by atoms with Gasteiger partial charge in [-0.1, -0.05) is 149 Å². The van der Waals surface area contributed by atoms with E-state index < -0.39 is 171 Å². The Bertz CT molecular complexity index is 3150. The summed E-state index contributed by atoms with van der Waals surface area (Å²) in [6, 6.07) is 0. The summed E-state index contributed by atoms with van der Waals surface area (Å²) in [7, 11) is 0. The molecule has 0 N–H and O–H groups in total. The highest BCUT2D eigenvalue weighted by Crippen LogP contribution is 2.61. The molecule has 0 amide bonds. The molecule has 0 aromatic heterocycles. The summed E-state index contributed by atoms with van der Waals surface area (Å²) in [4.78, 5) is 58.6. The zero-order valence-electron chi connectivity index (χ0n) is 71.3. The van der Waals surface area contributed by atoms with Crippen LogP contribution in [0.25, 0.3) is 0 Å². The van der Waals surface area contributed by atoms with Crippen molar-refractivity contribution < 1.29 is 171 Å². The SMILES string of the molecule is C=C(C)C(=O)OC(C)(C)C1OCCC(OCOCCCCCCCCCCCCCCCCCCCC)(C(F)(F)F)O1.C=C(C)C(=O)OCC1(C)OCCC(OC(C)OCCOC(=O)C23CC4CC(CC(C4)C2)C3)(C(F)(F)F)O1.C=C(C)C(=O)OCC1OCCC(OC(C)OCCC)(C(F)(F)F)O1.C=CC(=O)OC1COC(C)(C(F)(F)F)C1(F)F. The zero-order chi connectivity index (χ0) is 90.2. The van der Waals surface area contributed by atoms with E-state index in [0.717, 1.165) is 38.5 Å². The van der Waals surface area contributed by atoms with Crippen molar-refractivity contribution in [3.8, 4) is 0 Å². The van der Waals surface area contributed by atoms with E-state index in [1.165, 1.54) is 171 Å². The number of carbonyl (C=O) groups is 5. The van der Waals surface area contributed by atoms with Crippen molar-refractivity contribution in [1.29, 1.82) is 0 Å². The monoisotopic (exact) mass is 1760 g/mol. The molecule has 4 aliphatic heterocycles. The average Bonchev–Trinajstić information content (AvgIpc) is 1.52. The molecule has 4 heterocycles. The molecular weight excluding hydrogens is 1630 g/mol. The molecule has 23 nitrogen and oxygen atoms in total. The topological polar surface area (TPSA) is 251 Å². The lowest BCUT2D eigenvalue weighted by atomic mass is 9.49. The summed E-state index contributed by atoms with van der Waals surface area (Å²) in [6.45, 7) is 25.4. The van der Waals surface area contributed by atoms with Crippen LogP contribution in [-0.2, 0) is 109 Å². The molecule has 0 aromatic carbocycles. The molecule has 37 heteroatoms. The number of alkyl halides is 14. The minimum absolute atomic E-state index is 0.0775. The highest BCUT2D eigenvalue weighted by molar-refractivity contribution is 5.88. The van der Waals surface area contributed by atoms with E-state index in [9.17, 15) is 85.4 Å². The van der Waals surface area contributed by atoms with E-state index in [1.54, 1.807) is 0 Å². The Labute approximate surface area is 695 Å².